The lowest BCUT2D eigenvalue weighted by Crippen LogP contribution is -1.88. The van der Waals surface area contributed by atoms with Gasteiger partial charge in [-0.2, -0.15) is 0 Å². The van der Waals surface area contributed by atoms with E-state index in [1.807, 2.05) is 12.1 Å². The highest BCUT2D eigenvalue weighted by Crippen LogP contribution is 2.26. The van der Waals surface area contributed by atoms with Crippen LogP contribution in [0.15, 0.2) is 53.4 Å². The summed E-state index contributed by atoms with van der Waals surface area (Å²) in [7, 11) is 0. The van der Waals surface area contributed by atoms with Gasteiger partial charge in [-0.15, -0.1) is 11.8 Å². The highest BCUT2D eigenvalue weighted by molar-refractivity contribution is 7.98. The number of hydrogen-bond acceptors (Lipinski definition) is 2. The van der Waals surface area contributed by atoms with Crippen LogP contribution in [0.25, 0.3) is 6.08 Å². The molecule has 1 N–H and O–H groups in total. The van der Waals surface area contributed by atoms with Crippen LogP contribution in [0.4, 0.5) is 8.78 Å². The molecule has 0 heterocycles. The van der Waals surface area contributed by atoms with Crippen molar-refractivity contribution >= 4 is 23.8 Å². The molecule has 0 saturated heterocycles. The summed E-state index contributed by atoms with van der Waals surface area (Å²) in [4.78, 5) is 10.8. The Bertz CT molecular complexity index is 684. The summed E-state index contributed by atoms with van der Waals surface area (Å²) in [6.07, 6.45) is 2.56. The summed E-state index contributed by atoms with van der Waals surface area (Å²) in [6.45, 7) is 0. The Morgan fingerprint density at radius 3 is 2.71 bits per heavy atom. The first-order chi connectivity index (χ1) is 10.0. The van der Waals surface area contributed by atoms with Gasteiger partial charge in [-0.25, -0.2) is 13.6 Å². The van der Waals surface area contributed by atoms with E-state index in [1.165, 1.54) is 30.0 Å². The predicted octanol–water partition coefficient (Wildman–Crippen LogP) is 4.35. The number of carboxylic acids is 1. The lowest BCUT2D eigenvalue weighted by atomic mass is 10.1. The first-order valence-corrected chi connectivity index (χ1v) is 7.11. The molecule has 2 rings (SSSR count). The molecule has 108 valence electrons. The zero-order valence-corrected chi connectivity index (χ0v) is 11.7. The Kier molecular flexibility index (Phi) is 5.11. The molecular formula is C16H12F2O2S. The van der Waals surface area contributed by atoms with Gasteiger partial charge < -0.3 is 5.11 Å². The van der Waals surface area contributed by atoms with E-state index in [4.69, 9.17) is 5.11 Å². The van der Waals surface area contributed by atoms with Crippen molar-refractivity contribution in [1.82, 2.24) is 0 Å². The summed E-state index contributed by atoms with van der Waals surface area (Å²) in [6, 6.07) is 10.8. The Balaban J connectivity index is 2.06. The van der Waals surface area contributed by atoms with Gasteiger partial charge in [0.05, 0.1) is 0 Å². The molecule has 2 nitrogen and oxygen atoms in total. The average Bonchev–Trinajstić information content (AvgIpc) is 2.45. The van der Waals surface area contributed by atoms with E-state index in [0.717, 1.165) is 23.3 Å². The van der Waals surface area contributed by atoms with Gasteiger partial charge in [0.25, 0.3) is 0 Å². The predicted molar refractivity (Wildman–Crippen MR) is 79.0 cm³/mol. The third-order valence-electron chi connectivity index (χ3n) is 2.66. The molecule has 0 radical (unpaired) electrons. The second-order valence-corrected chi connectivity index (χ2v) is 5.30. The number of carboxylic acid groups (broad SMARTS) is 1. The fourth-order valence-electron chi connectivity index (χ4n) is 1.71. The molecule has 21 heavy (non-hydrogen) atoms. The molecule has 2 aromatic carbocycles. The molecule has 0 saturated carbocycles. The van der Waals surface area contributed by atoms with Gasteiger partial charge in [0.15, 0.2) is 0 Å². The van der Waals surface area contributed by atoms with Gasteiger partial charge in [0, 0.05) is 22.8 Å². The van der Waals surface area contributed by atoms with Crippen molar-refractivity contribution in [3.8, 4) is 0 Å². The quantitative estimate of drug-likeness (QED) is 0.659. The molecule has 0 bridgehead atoms. The van der Waals surface area contributed by atoms with E-state index in [-0.39, 0.29) is 0 Å². The molecular weight excluding hydrogens is 294 g/mol. The molecule has 0 aliphatic heterocycles. The normalized spacial score (nSPS) is 11.0. The number of halogens is 2. The fourth-order valence-corrected chi connectivity index (χ4v) is 2.57. The van der Waals surface area contributed by atoms with Crippen molar-refractivity contribution in [1.29, 1.82) is 0 Å². The summed E-state index contributed by atoms with van der Waals surface area (Å²) in [5.74, 6) is -1.68. The van der Waals surface area contributed by atoms with Crippen LogP contribution in [0, 0.1) is 11.6 Å². The lowest BCUT2D eigenvalue weighted by Gasteiger charge is -2.04. The first kappa shape index (κ1) is 15.3. The van der Waals surface area contributed by atoms with Crippen molar-refractivity contribution < 1.29 is 18.7 Å². The van der Waals surface area contributed by atoms with Crippen molar-refractivity contribution in [2.24, 2.45) is 0 Å². The number of carbonyl (C=O) groups is 1. The van der Waals surface area contributed by atoms with Crippen LogP contribution in [0.5, 0.6) is 0 Å². The molecule has 0 aliphatic carbocycles. The van der Waals surface area contributed by atoms with Gasteiger partial charge >= 0.3 is 5.97 Å². The third kappa shape index (κ3) is 4.72. The van der Waals surface area contributed by atoms with Crippen molar-refractivity contribution in [3.63, 3.8) is 0 Å². The summed E-state index contributed by atoms with van der Waals surface area (Å²) < 4.78 is 26.3. The molecule has 0 spiro atoms. The van der Waals surface area contributed by atoms with Crippen LogP contribution in [0.3, 0.4) is 0 Å². The highest BCUT2D eigenvalue weighted by Gasteiger charge is 2.05. The van der Waals surface area contributed by atoms with E-state index in [0.29, 0.717) is 10.6 Å². The average molecular weight is 306 g/mol. The van der Waals surface area contributed by atoms with E-state index >= 15 is 0 Å². The van der Waals surface area contributed by atoms with Crippen LogP contribution in [-0.4, -0.2) is 11.1 Å². The second-order valence-electron chi connectivity index (χ2n) is 4.28. The number of benzene rings is 2. The zero-order chi connectivity index (χ0) is 15.2. The maximum Gasteiger partial charge on any atom is 0.328 e. The maximum absolute atomic E-state index is 13.5. The van der Waals surface area contributed by atoms with Crippen LogP contribution >= 0.6 is 11.8 Å². The lowest BCUT2D eigenvalue weighted by molar-refractivity contribution is -0.131. The molecule has 0 amide bonds. The molecule has 2 aromatic rings. The van der Waals surface area contributed by atoms with Crippen molar-refractivity contribution in [3.05, 3.63) is 71.3 Å². The van der Waals surface area contributed by atoms with E-state index in [9.17, 15) is 13.6 Å². The van der Waals surface area contributed by atoms with E-state index in [1.54, 1.807) is 12.1 Å². The largest absolute Gasteiger partial charge is 0.478 e. The van der Waals surface area contributed by atoms with Crippen LogP contribution in [0.1, 0.15) is 11.1 Å². The number of thioether (sulfide) groups is 1. The smallest absolute Gasteiger partial charge is 0.328 e. The summed E-state index contributed by atoms with van der Waals surface area (Å²) in [5, 5.41) is 8.59. The van der Waals surface area contributed by atoms with Gasteiger partial charge in [0.2, 0.25) is 0 Å². The van der Waals surface area contributed by atoms with Gasteiger partial charge in [-0.1, -0.05) is 24.3 Å². The maximum atomic E-state index is 13.5. The molecule has 0 fully saturated rings. The standard InChI is InChI=1S/C16H12F2O2S/c17-13-5-6-15(14(18)9-13)21-10-12-3-1-2-11(8-12)4-7-16(19)20/h1-9H,10H2,(H,19,20). The minimum atomic E-state index is -1.01. The molecule has 0 atom stereocenters. The Hall–Kier alpha value is -2.14. The number of rotatable bonds is 5. The Labute approximate surface area is 125 Å². The van der Waals surface area contributed by atoms with E-state index < -0.39 is 17.6 Å². The Morgan fingerprint density at radius 1 is 1.19 bits per heavy atom. The minimum Gasteiger partial charge on any atom is -0.478 e. The van der Waals surface area contributed by atoms with Gasteiger partial charge in [-0.05, 0) is 29.3 Å². The Morgan fingerprint density at radius 2 is 2.00 bits per heavy atom. The minimum absolute atomic E-state index is 0.378. The molecule has 0 unspecified atom stereocenters. The van der Waals surface area contributed by atoms with Crippen LogP contribution < -0.4 is 0 Å². The van der Waals surface area contributed by atoms with Gasteiger partial charge in [-0.3, -0.25) is 0 Å². The second kappa shape index (κ2) is 7.04. The van der Waals surface area contributed by atoms with E-state index in [2.05, 4.69) is 0 Å². The van der Waals surface area contributed by atoms with Crippen LogP contribution in [0.2, 0.25) is 0 Å². The zero-order valence-electron chi connectivity index (χ0n) is 10.9. The molecule has 0 aromatic heterocycles. The van der Waals surface area contributed by atoms with Crippen LogP contribution in [-0.2, 0) is 10.5 Å². The topological polar surface area (TPSA) is 37.3 Å². The summed E-state index contributed by atoms with van der Waals surface area (Å²) >= 11 is 1.26. The molecule has 0 aliphatic rings. The monoisotopic (exact) mass is 306 g/mol. The van der Waals surface area contributed by atoms with Crippen molar-refractivity contribution in [2.75, 3.05) is 0 Å². The first-order valence-electron chi connectivity index (χ1n) is 6.12. The van der Waals surface area contributed by atoms with Crippen molar-refractivity contribution in [2.45, 2.75) is 10.6 Å². The fraction of sp³-hybridized carbons (Fsp3) is 0.0625. The molecule has 5 heteroatoms. The highest BCUT2D eigenvalue weighted by atomic mass is 32.2. The number of hydrogen-bond donors (Lipinski definition) is 1. The number of aliphatic carboxylic acids is 1. The van der Waals surface area contributed by atoms with Gasteiger partial charge in [0.1, 0.15) is 11.6 Å². The summed E-state index contributed by atoms with van der Waals surface area (Å²) in [5.41, 5.74) is 1.69. The SMILES string of the molecule is O=C(O)C=Cc1cccc(CSc2ccc(F)cc2F)c1. The third-order valence-corrected chi connectivity index (χ3v) is 3.78.